The van der Waals surface area contributed by atoms with Crippen LogP contribution in [-0.4, -0.2) is 78.4 Å². The number of carbonyl (C=O) groups is 2. The van der Waals surface area contributed by atoms with Crippen molar-refractivity contribution in [1.82, 2.24) is 29.8 Å². The lowest BCUT2D eigenvalue weighted by Crippen LogP contribution is -2.41. The van der Waals surface area contributed by atoms with E-state index in [2.05, 4.69) is 22.1 Å². The summed E-state index contributed by atoms with van der Waals surface area (Å²) in [6, 6.07) is 3.35. The summed E-state index contributed by atoms with van der Waals surface area (Å²) >= 11 is 0. The standard InChI is InChI=1S/C31H41N7O5/c1-20(23-10-8-17-37(23)16-6-2-5-15-32)42-26-19-25(38-18-12-22(35-38)30(40)41)33-29(34-26)27-21-9-7-14-31(28(21)43-36-27)13-4-3-11-24(31)39/h12,18-20,23H,2-11,13-17,32H2,1H3,(H,40,41)/t20-,23-,31+/m0/s1. The molecule has 0 aromatic carbocycles. The van der Waals surface area contributed by atoms with Crippen molar-refractivity contribution in [3.8, 4) is 23.2 Å². The van der Waals surface area contributed by atoms with Crippen LogP contribution < -0.4 is 10.5 Å². The fraction of sp³-hybridized carbons (Fsp3) is 0.613. The monoisotopic (exact) mass is 591 g/mol. The predicted octanol–water partition coefficient (Wildman–Crippen LogP) is 4.09. The van der Waals surface area contributed by atoms with Crippen molar-refractivity contribution in [1.29, 1.82) is 0 Å². The van der Waals surface area contributed by atoms with Crippen LogP contribution in [0.15, 0.2) is 22.9 Å². The molecule has 0 bridgehead atoms. The Balaban J connectivity index is 1.33. The molecule has 3 aliphatic rings. The lowest BCUT2D eigenvalue weighted by Gasteiger charge is -2.36. The van der Waals surface area contributed by atoms with E-state index < -0.39 is 11.4 Å². The summed E-state index contributed by atoms with van der Waals surface area (Å²) in [7, 11) is 0. The Labute approximate surface area is 251 Å². The smallest absolute Gasteiger partial charge is 0.356 e. The lowest BCUT2D eigenvalue weighted by molar-refractivity contribution is -0.128. The van der Waals surface area contributed by atoms with Crippen LogP contribution in [0.2, 0.25) is 0 Å². The molecule has 1 aliphatic heterocycles. The number of nitrogens with zero attached hydrogens (tertiary/aromatic N) is 6. The average molecular weight is 592 g/mol. The van der Waals surface area contributed by atoms with E-state index in [1.807, 2.05) is 0 Å². The molecule has 0 amide bonds. The Morgan fingerprint density at radius 1 is 1.19 bits per heavy atom. The van der Waals surface area contributed by atoms with Gasteiger partial charge < -0.3 is 20.1 Å². The lowest BCUT2D eigenvalue weighted by atomic mass is 9.64. The highest BCUT2D eigenvalue weighted by Gasteiger charge is 2.48. The Morgan fingerprint density at radius 3 is 2.84 bits per heavy atom. The molecule has 3 N–H and O–H groups in total. The number of nitrogens with two attached hydrogens (primary N) is 1. The molecular formula is C31H41N7O5. The average Bonchev–Trinajstić information content (AvgIpc) is 3.77. The highest BCUT2D eigenvalue weighted by Crippen LogP contribution is 2.47. The fourth-order valence-corrected chi connectivity index (χ4v) is 7.20. The summed E-state index contributed by atoms with van der Waals surface area (Å²) < 4.78 is 13.9. The van der Waals surface area contributed by atoms with E-state index in [-0.39, 0.29) is 23.6 Å². The molecular weight excluding hydrogens is 550 g/mol. The van der Waals surface area contributed by atoms with Crippen LogP contribution in [0.1, 0.15) is 99.4 Å². The molecule has 12 nitrogen and oxygen atoms in total. The second-order valence-corrected chi connectivity index (χ2v) is 12.2. The van der Waals surface area contributed by atoms with Crippen molar-refractivity contribution in [2.75, 3.05) is 19.6 Å². The highest BCUT2D eigenvalue weighted by molar-refractivity contribution is 5.91. The number of ketones is 1. The maximum Gasteiger partial charge on any atom is 0.356 e. The van der Waals surface area contributed by atoms with Gasteiger partial charge in [-0.1, -0.05) is 18.0 Å². The summed E-state index contributed by atoms with van der Waals surface area (Å²) in [5.74, 6) is 0.789. The minimum atomic E-state index is -1.13. The van der Waals surface area contributed by atoms with Crippen LogP contribution in [0.3, 0.4) is 0 Å². The van der Waals surface area contributed by atoms with Crippen LogP contribution in [0.5, 0.6) is 5.88 Å². The first kappa shape index (κ1) is 29.4. The number of fused-ring (bicyclic) bond motifs is 2. The molecule has 1 spiro atoms. The summed E-state index contributed by atoms with van der Waals surface area (Å²) in [6.07, 6.45) is 12.4. The molecule has 3 aromatic rings. The molecule has 4 heterocycles. The van der Waals surface area contributed by atoms with Crippen molar-refractivity contribution in [3.05, 3.63) is 35.3 Å². The van der Waals surface area contributed by atoms with Gasteiger partial charge in [-0.2, -0.15) is 10.1 Å². The van der Waals surface area contributed by atoms with Gasteiger partial charge in [0.2, 0.25) is 5.88 Å². The van der Waals surface area contributed by atoms with Crippen molar-refractivity contribution < 1.29 is 24.0 Å². The SMILES string of the molecule is C[C@H](Oc1cc(-n2ccc(C(=O)O)n2)nc(-c2noc3c2CCC[C@@]32CCCCC2=O)n1)[C@@H]1CCCN1CCCCCN. The third-order valence-electron chi connectivity index (χ3n) is 9.40. The van der Waals surface area contributed by atoms with E-state index in [1.54, 1.807) is 12.3 Å². The third kappa shape index (κ3) is 5.82. The first-order chi connectivity index (χ1) is 20.9. The predicted molar refractivity (Wildman–Crippen MR) is 157 cm³/mol. The fourth-order valence-electron chi connectivity index (χ4n) is 7.20. The molecule has 3 aromatic heterocycles. The van der Waals surface area contributed by atoms with Crippen molar-refractivity contribution in [2.24, 2.45) is 5.73 Å². The number of carboxylic acid groups (broad SMARTS) is 1. The van der Waals surface area contributed by atoms with Crippen LogP contribution in [0, 0.1) is 0 Å². The molecule has 1 saturated carbocycles. The number of carboxylic acids is 1. The molecule has 3 atom stereocenters. The van der Waals surface area contributed by atoms with Gasteiger partial charge in [0.15, 0.2) is 28.8 Å². The number of hydrogen-bond donors (Lipinski definition) is 2. The van der Waals surface area contributed by atoms with Gasteiger partial charge in [-0.3, -0.25) is 9.69 Å². The zero-order valence-electron chi connectivity index (χ0n) is 24.8. The number of unbranched alkanes of at least 4 members (excludes halogenated alkanes) is 2. The van der Waals surface area contributed by atoms with Crippen molar-refractivity contribution in [3.63, 3.8) is 0 Å². The zero-order chi connectivity index (χ0) is 30.0. The number of aromatic carboxylic acids is 1. The number of aromatic nitrogens is 5. The Hall–Kier alpha value is -3.64. The van der Waals surface area contributed by atoms with Gasteiger partial charge in [0.1, 0.15) is 11.9 Å². The summed E-state index contributed by atoms with van der Waals surface area (Å²) in [4.78, 5) is 36.8. The van der Waals surface area contributed by atoms with Gasteiger partial charge in [-0.15, -0.1) is 0 Å². The van der Waals surface area contributed by atoms with Crippen molar-refractivity contribution >= 4 is 11.8 Å². The van der Waals surface area contributed by atoms with E-state index in [4.69, 9.17) is 25.0 Å². The molecule has 12 heteroatoms. The van der Waals surface area contributed by atoms with E-state index in [9.17, 15) is 14.7 Å². The largest absolute Gasteiger partial charge is 0.476 e. The first-order valence-electron chi connectivity index (χ1n) is 15.7. The molecule has 6 rings (SSSR count). The van der Waals surface area contributed by atoms with Crippen molar-refractivity contribution in [2.45, 2.75) is 102 Å². The molecule has 0 radical (unpaired) electrons. The maximum absolute atomic E-state index is 13.2. The normalized spacial score (nSPS) is 23.0. The first-order valence-corrected chi connectivity index (χ1v) is 15.7. The van der Waals surface area contributed by atoms with E-state index >= 15 is 0 Å². The Kier molecular flexibility index (Phi) is 8.58. The minimum absolute atomic E-state index is 0.0937. The van der Waals surface area contributed by atoms with Gasteiger partial charge in [-0.05, 0) is 90.4 Å². The van der Waals surface area contributed by atoms with Gasteiger partial charge in [0.05, 0.1) is 5.41 Å². The molecule has 230 valence electrons. The quantitative estimate of drug-likeness (QED) is 0.309. The summed E-state index contributed by atoms with van der Waals surface area (Å²) in [6.45, 7) is 4.84. The number of Topliss-reactive ketones (excluding diaryl/α,β-unsaturated/α-hetero) is 1. The zero-order valence-corrected chi connectivity index (χ0v) is 24.8. The molecule has 43 heavy (non-hydrogen) atoms. The maximum atomic E-state index is 13.2. The number of ether oxygens (including phenoxy) is 1. The van der Waals surface area contributed by atoms with Gasteiger partial charge in [-0.25, -0.2) is 14.5 Å². The molecule has 0 unspecified atom stereocenters. The minimum Gasteiger partial charge on any atom is -0.476 e. The highest BCUT2D eigenvalue weighted by atomic mass is 16.5. The van der Waals surface area contributed by atoms with Gasteiger partial charge in [0, 0.05) is 30.3 Å². The second-order valence-electron chi connectivity index (χ2n) is 12.2. The Morgan fingerprint density at radius 2 is 2.05 bits per heavy atom. The Bertz CT molecular complexity index is 1470. The van der Waals surface area contributed by atoms with Gasteiger partial charge in [0.25, 0.3) is 0 Å². The van der Waals surface area contributed by atoms with E-state index in [0.717, 1.165) is 95.8 Å². The summed E-state index contributed by atoms with van der Waals surface area (Å²) in [5, 5.41) is 18.1. The molecule has 1 saturated heterocycles. The van der Waals surface area contributed by atoms with Crippen LogP contribution >= 0.6 is 0 Å². The topological polar surface area (TPSA) is 162 Å². The van der Waals surface area contributed by atoms with E-state index in [1.165, 1.54) is 10.7 Å². The van der Waals surface area contributed by atoms with Gasteiger partial charge >= 0.3 is 5.97 Å². The second kappa shape index (κ2) is 12.5. The van der Waals surface area contributed by atoms with Crippen LogP contribution in [0.4, 0.5) is 0 Å². The number of likely N-dealkylation sites (tertiary alicyclic amines) is 1. The van der Waals surface area contributed by atoms with E-state index in [0.29, 0.717) is 35.4 Å². The van der Waals surface area contributed by atoms with Crippen LogP contribution in [0.25, 0.3) is 17.3 Å². The number of hydrogen-bond acceptors (Lipinski definition) is 10. The molecule has 2 fully saturated rings. The number of carbonyl (C=O) groups excluding carboxylic acids is 1. The van der Waals surface area contributed by atoms with Crippen LogP contribution in [-0.2, 0) is 16.6 Å². The summed E-state index contributed by atoms with van der Waals surface area (Å²) in [5.41, 5.74) is 6.35. The third-order valence-corrected chi connectivity index (χ3v) is 9.40. The number of rotatable bonds is 11. The molecule has 2 aliphatic carbocycles.